The number of anilines is 2. The van der Waals surface area contributed by atoms with Crippen LogP contribution in [0.1, 0.15) is 24.2 Å². The SMILES string of the molecule is Bc1ccc(C(=O)Nc2cc3nc(-c4ccc(OC)cc4)[nH]c3cc2N(CC)CC)cc1. The van der Waals surface area contributed by atoms with Crippen LogP contribution in [0.15, 0.2) is 60.7 Å². The number of hydrogen-bond acceptors (Lipinski definition) is 4. The smallest absolute Gasteiger partial charge is 0.255 e. The fourth-order valence-electron chi connectivity index (χ4n) is 3.76. The van der Waals surface area contributed by atoms with Crippen LogP contribution in [0, 0.1) is 0 Å². The highest BCUT2D eigenvalue weighted by Gasteiger charge is 2.16. The molecule has 2 N–H and O–H groups in total. The number of aromatic nitrogens is 2. The molecule has 1 amide bonds. The lowest BCUT2D eigenvalue weighted by Crippen LogP contribution is -2.24. The zero-order valence-corrected chi connectivity index (χ0v) is 18.9. The maximum atomic E-state index is 12.9. The first-order chi connectivity index (χ1) is 15.5. The van der Waals surface area contributed by atoms with Crippen molar-refractivity contribution in [2.24, 2.45) is 0 Å². The van der Waals surface area contributed by atoms with E-state index in [9.17, 15) is 4.79 Å². The Bertz CT molecular complexity index is 1230. The Morgan fingerprint density at radius 3 is 2.38 bits per heavy atom. The predicted octanol–water partition coefficient (Wildman–Crippen LogP) is 3.60. The summed E-state index contributed by atoms with van der Waals surface area (Å²) in [5.41, 5.74) is 6.15. The van der Waals surface area contributed by atoms with Gasteiger partial charge >= 0.3 is 0 Å². The average molecular weight is 426 g/mol. The molecule has 162 valence electrons. The van der Waals surface area contributed by atoms with Crippen molar-refractivity contribution in [2.45, 2.75) is 13.8 Å². The molecule has 32 heavy (non-hydrogen) atoms. The second-order valence-electron chi connectivity index (χ2n) is 7.69. The van der Waals surface area contributed by atoms with Crippen molar-refractivity contribution in [3.8, 4) is 17.1 Å². The lowest BCUT2D eigenvalue weighted by atomic mass is 9.95. The highest BCUT2D eigenvalue weighted by Crippen LogP contribution is 2.33. The Morgan fingerprint density at radius 1 is 1.06 bits per heavy atom. The van der Waals surface area contributed by atoms with Crippen LogP contribution in [-0.2, 0) is 0 Å². The first kappa shape index (κ1) is 21.5. The first-order valence-electron chi connectivity index (χ1n) is 10.8. The zero-order valence-electron chi connectivity index (χ0n) is 18.9. The normalized spacial score (nSPS) is 10.8. The minimum Gasteiger partial charge on any atom is -0.497 e. The number of nitrogens with one attached hydrogen (secondary N) is 2. The molecule has 1 aromatic heterocycles. The van der Waals surface area contributed by atoms with Gasteiger partial charge < -0.3 is 19.9 Å². The van der Waals surface area contributed by atoms with E-state index in [4.69, 9.17) is 9.72 Å². The Morgan fingerprint density at radius 2 is 1.75 bits per heavy atom. The number of rotatable bonds is 7. The van der Waals surface area contributed by atoms with Gasteiger partial charge in [0.2, 0.25) is 0 Å². The van der Waals surface area contributed by atoms with Crippen molar-refractivity contribution in [1.82, 2.24) is 9.97 Å². The van der Waals surface area contributed by atoms with Gasteiger partial charge in [0.15, 0.2) is 0 Å². The van der Waals surface area contributed by atoms with Crippen molar-refractivity contribution >= 4 is 41.6 Å². The highest BCUT2D eigenvalue weighted by atomic mass is 16.5. The van der Waals surface area contributed by atoms with Gasteiger partial charge in [-0.25, -0.2) is 4.98 Å². The van der Waals surface area contributed by atoms with Crippen molar-refractivity contribution in [3.63, 3.8) is 0 Å². The molecule has 4 rings (SSSR count). The van der Waals surface area contributed by atoms with Crippen molar-refractivity contribution in [2.75, 3.05) is 30.4 Å². The third-order valence-corrected chi connectivity index (χ3v) is 5.63. The molecule has 0 saturated heterocycles. The number of nitrogens with zero attached hydrogens (tertiary/aromatic N) is 2. The molecular weight excluding hydrogens is 399 g/mol. The number of ether oxygens (including phenoxy) is 1. The molecule has 0 radical (unpaired) electrons. The molecule has 0 aliphatic rings. The maximum Gasteiger partial charge on any atom is 0.255 e. The standard InChI is InChI=1S/C25H27BN4O2/c1-4-30(5-2)23-15-21-20(27-24(28-21)16-8-12-19(32-3)13-9-16)14-22(23)29-25(31)17-6-10-18(26)11-7-17/h6-15H,4-5,26H2,1-3H3,(H,27,28)(H,29,31). The summed E-state index contributed by atoms with van der Waals surface area (Å²) in [6, 6.07) is 19.4. The number of aromatic amines is 1. The summed E-state index contributed by atoms with van der Waals surface area (Å²) in [4.78, 5) is 23.3. The van der Waals surface area contributed by atoms with Gasteiger partial charge in [-0.3, -0.25) is 4.79 Å². The molecule has 3 aromatic carbocycles. The van der Waals surface area contributed by atoms with E-state index in [1.54, 1.807) is 7.11 Å². The second kappa shape index (κ2) is 9.18. The summed E-state index contributed by atoms with van der Waals surface area (Å²) in [6.07, 6.45) is 0. The van der Waals surface area contributed by atoms with Gasteiger partial charge in [0.05, 0.1) is 29.5 Å². The molecule has 0 bridgehead atoms. The van der Waals surface area contributed by atoms with E-state index in [0.717, 1.165) is 58.1 Å². The zero-order chi connectivity index (χ0) is 22.7. The van der Waals surface area contributed by atoms with Crippen LogP contribution in [0.4, 0.5) is 11.4 Å². The number of hydrogen-bond donors (Lipinski definition) is 2. The van der Waals surface area contributed by atoms with E-state index in [-0.39, 0.29) is 5.91 Å². The number of benzene rings is 3. The Labute approximate surface area is 189 Å². The fraction of sp³-hybridized carbons (Fsp3) is 0.200. The van der Waals surface area contributed by atoms with Crippen LogP contribution in [0.3, 0.4) is 0 Å². The molecule has 0 saturated carbocycles. The number of H-pyrrole nitrogens is 1. The number of carbonyl (C=O) groups excluding carboxylic acids is 1. The molecule has 6 nitrogen and oxygen atoms in total. The molecule has 0 spiro atoms. The molecule has 0 atom stereocenters. The van der Waals surface area contributed by atoms with Crippen LogP contribution < -0.4 is 20.4 Å². The number of imidazole rings is 1. The second-order valence-corrected chi connectivity index (χ2v) is 7.69. The average Bonchev–Trinajstić information content (AvgIpc) is 3.23. The summed E-state index contributed by atoms with van der Waals surface area (Å²) in [6.45, 7) is 5.87. The quantitative estimate of drug-likeness (QED) is 0.443. The third kappa shape index (κ3) is 4.32. The van der Waals surface area contributed by atoms with Crippen LogP contribution in [-0.4, -0.2) is 43.9 Å². The van der Waals surface area contributed by atoms with Gasteiger partial charge in [-0.1, -0.05) is 29.7 Å². The van der Waals surface area contributed by atoms with Gasteiger partial charge in [-0.05, 0) is 50.2 Å². The van der Waals surface area contributed by atoms with Gasteiger partial charge in [0.1, 0.15) is 19.4 Å². The molecule has 1 heterocycles. The lowest BCUT2D eigenvalue weighted by molar-refractivity contribution is 0.102. The largest absolute Gasteiger partial charge is 0.497 e. The lowest BCUT2D eigenvalue weighted by Gasteiger charge is -2.24. The summed E-state index contributed by atoms with van der Waals surface area (Å²) in [5.74, 6) is 1.44. The van der Waals surface area contributed by atoms with E-state index in [0.29, 0.717) is 5.56 Å². The minimum absolute atomic E-state index is 0.135. The number of methoxy groups -OCH3 is 1. The van der Waals surface area contributed by atoms with Crippen molar-refractivity contribution < 1.29 is 9.53 Å². The van der Waals surface area contributed by atoms with Crippen LogP contribution in [0.2, 0.25) is 0 Å². The maximum absolute atomic E-state index is 12.9. The summed E-state index contributed by atoms with van der Waals surface area (Å²) < 4.78 is 5.25. The Hall–Kier alpha value is -3.74. The summed E-state index contributed by atoms with van der Waals surface area (Å²) in [7, 11) is 3.66. The van der Waals surface area contributed by atoms with E-state index in [1.807, 2.05) is 62.4 Å². The molecule has 7 heteroatoms. The Balaban J connectivity index is 1.74. The van der Waals surface area contributed by atoms with Crippen LogP contribution >= 0.6 is 0 Å². The van der Waals surface area contributed by atoms with Crippen molar-refractivity contribution in [3.05, 3.63) is 66.2 Å². The minimum atomic E-state index is -0.135. The van der Waals surface area contributed by atoms with E-state index in [2.05, 4.69) is 35.1 Å². The third-order valence-electron chi connectivity index (χ3n) is 5.63. The number of amides is 1. The Kier molecular flexibility index (Phi) is 6.17. The molecular formula is C25H27BN4O2. The first-order valence-corrected chi connectivity index (χ1v) is 10.8. The molecule has 0 unspecified atom stereocenters. The van der Waals surface area contributed by atoms with E-state index >= 15 is 0 Å². The molecule has 0 fully saturated rings. The highest BCUT2D eigenvalue weighted by molar-refractivity contribution is 6.32. The van der Waals surface area contributed by atoms with Gasteiger partial charge in [-0.15, -0.1) is 0 Å². The number of carbonyl (C=O) groups is 1. The van der Waals surface area contributed by atoms with Crippen molar-refractivity contribution in [1.29, 1.82) is 0 Å². The molecule has 0 aliphatic carbocycles. The molecule has 4 aromatic rings. The monoisotopic (exact) mass is 426 g/mol. The summed E-state index contributed by atoms with van der Waals surface area (Å²) >= 11 is 0. The van der Waals surface area contributed by atoms with Gasteiger partial charge in [0, 0.05) is 24.2 Å². The van der Waals surface area contributed by atoms with Gasteiger partial charge in [-0.2, -0.15) is 0 Å². The molecule has 0 aliphatic heterocycles. The summed E-state index contributed by atoms with van der Waals surface area (Å²) in [5, 5.41) is 3.10. The van der Waals surface area contributed by atoms with E-state index < -0.39 is 0 Å². The van der Waals surface area contributed by atoms with Crippen LogP contribution in [0.25, 0.3) is 22.4 Å². The predicted molar refractivity (Wildman–Crippen MR) is 134 cm³/mol. The fourth-order valence-corrected chi connectivity index (χ4v) is 3.76. The van der Waals surface area contributed by atoms with Crippen LogP contribution in [0.5, 0.6) is 5.75 Å². The number of fused-ring (bicyclic) bond motifs is 1. The van der Waals surface area contributed by atoms with E-state index in [1.165, 1.54) is 0 Å². The topological polar surface area (TPSA) is 70.2 Å². The van der Waals surface area contributed by atoms with Gasteiger partial charge in [0.25, 0.3) is 5.91 Å².